The number of likely N-dealkylation sites (tertiary alicyclic amines) is 1. The summed E-state index contributed by atoms with van der Waals surface area (Å²) in [5.74, 6) is 0.771. The summed E-state index contributed by atoms with van der Waals surface area (Å²) in [6.07, 6.45) is 6.02. The highest BCUT2D eigenvalue weighted by atomic mass is 16.5. The van der Waals surface area contributed by atoms with Gasteiger partial charge >= 0.3 is 0 Å². The maximum atomic E-state index is 13.6. The largest absolute Gasteiger partial charge is 0.496 e. The zero-order valence-corrected chi connectivity index (χ0v) is 32.4. The lowest BCUT2D eigenvalue weighted by Gasteiger charge is -2.27. The van der Waals surface area contributed by atoms with Crippen LogP contribution in [0.3, 0.4) is 0 Å². The molecule has 3 saturated heterocycles. The van der Waals surface area contributed by atoms with Crippen molar-refractivity contribution >= 4 is 28.5 Å². The summed E-state index contributed by atoms with van der Waals surface area (Å²) >= 11 is 0. The Hall–Kier alpha value is -5.37. The van der Waals surface area contributed by atoms with E-state index in [0.29, 0.717) is 32.3 Å². The van der Waals surface area contributed by atoms with Crippen molar-refractivity contribution in [3.05, 3.63) is 101 Å². The minimum absolute atomic E-state index is 0.159. The number of benzene rings is 2. The lowest BCUT2D eigenvalue weighted by molar-refractivity contribution is 0.0904. The van der Waals surface area contributed by atoms with Gasteiger partial charge in [0, 0.05) is 75.3 Å². The number of aryl methyl sites for hydroxylation is 2. The van der Waals surface area contributed by atoms with Gasteiger partial charge in [0.15, 0.2) is 5.65 Å². The Labute approximate surface area is 327 Å². The van der Waals surface area contributed by atoms with E-state index in [1.54, 1.807) is 25.3 Å². The zero-order chi connectivity index (χ0) is 38.6. The van der Waals surface area contributed by atoms with Crippen LogP contribution in [0.1, 0.15) is 76.5 Å². The molecular formula is C43H51N9O4. The molecule has 0 aliphatic carbocycles. The Balaban J connectivity index is 0.941. The van der Waals surface area contributed by atoms with Gasteiger partial charge in [-0.3, -0.25) is 14.5 Å². The fraction of sp³-hybridized carbons (Fsp3) is 0.419. The first-order chi connectivity index (χ1) is 27.4. The molecule has 0 radical (unpaired) electrons. The van der Waals surface area contributed by atoms with Gasteiger partial charge in [0.2, 0.25) is 0 Å². The quantitative estimate of drug-likeness (QED) is 0.118. The van der Waals surface area contributed by atoms with Gasteiger partial charge in [0.25, 0.3) is 11.8 Å². The van der Waals surface area contributed by atoms with Gasteiger partial charge in [0.05, 0.1) is 30.5 Å². The van der Waals surface area contributed by atoms with E-state index in [2.05, 4.69) is 73.5 Å². The number of hydrogen-bond donors (Lipinski definition) is 4. The topological polar surface area (TPSA) is 148 Å². The monoisotopic (exact) mass is 757 g/mol. The number of ether oxygens (including phenoxy) is 2. The van der Waals surface area contributed by atoms with Crippen LogP contribution in [0, 0.1) is 5.92 Å². The second-order valence-electron chi connectivity index (χ2n) is 15.0. The first-order valence-electron chi connectivity index (χ1n) is 19.9. The zero-order valence-electron chi connectivity index (χ0n) is 32.4. The van der Waals surface area contributed by atoms with E-state index in [9.17, 15) is 9.59 Å². The predicted octanol–water partition coefficient (Wildman–Crippen LogP) is 5.29. The molecule has 292 valence electrons. The predicted molar refractivity (Wildman–Crippen MR) is 215 cm³/mol. The number of rotatable bonds is 14. The molecule has 3 aliphatic heterocycles. The number of nitrogens with one attached hydrogen (secondary N) is 4. The minimum atomic E-state index is -0.376. The van der Waals surface area contributed by atoms with Crippen molar-refractivity contribution in [3.8, 4) is 16.9 Å². The molecule has 2 aromatic carbocycles. The number of anilines is 1. The van der Waals surface area contributed by atoms with Crippen LogP contribution in [-0.4, -0.2) is 82.1 Å². The molecule has 8 rings (SSSR count). The standard InChI is InChI=1S/C43H51N9O4/c1-4-35-33(40(48-31-14-16-56-17-15-31)34-24-47-52(5-2)41(34)50-35)23-46-43(54)37-11-7-10-36(49-37)42(53)45-21-27-12-13-38(55-3)32(19-27)30-9-6-8-28(18-30)25-51-26-29-20-39(51)44-22-29/h6-13,18-19,24,29,31,39,44H,4-5,14-17,20-23,25-26H2,1-3H3,(H,45,53)(H,46,54)(H,48,50)/t29-,39+/m1/s1. The van der Waals surface area contributed by atoms with E-state index < -0.39 is 0 Å². The molecule has 5 aromatic rings. The van der Waals surface area contributed by atoms with Gasteiger partial charge in [-0.2, -0.15) is 5.10 Å². The normalized spacial score (nSPS) is 18.3. The van der Waals surface area contributed by atoms with Gasteiger partial charge in [-0.05, 0) is 85.5 Å². The highest BCUT2D eigenvalue weighted by Gasteiger charge is 2.37. The third-order valence-corrected chi connectivity index (χ3v) is 11.3. The Morgan fingerprint density at radius 3 is 2.45 bits per heavy atom. The molecule has 0 saturated carbocycles. The van der Waals surface area contributed by atoms with Crippen molar-refractivity contribution in [2.75, 3.05) is 38.7 Å². The van der Waals surface area contributed by atoms with E-state index in [4.69, 9.17) is 14.5 Å². The van der Waals surface area contributed by atoms with Crippen LogP contribution in [0.2, 0.25) is 0 Å². The molecule has 3 aliphatic rings. The van der Waals surface area contributed by atoms with E-state index in [1.807, 2.05) is 29.9 Å². The fourth-order valence-electron chi connectivity index (χ4n) is 8.32. The van der Waals surface area contributed by atoms with E-state index in [-0.39, 0.29) is 42.3 Å². The third-order valence-electron chi connectivity index (χ3n) is 11.3. The highest BCUT2D eigenvalue weighted by Crippen LogP contribution is 2.34. The van der Waals surface area contributed by atoms with Crippen LogP contribution in [0.5, 0.6) is 5.75 Å². The summed E-state index contributed by atoms with van der Waals surface area (Å²) in [4.78, 5) is 39.0. The number of carbonyl (C=O) groups is 2. The van der Waals surface area contributed by atoms with Crippen molar-refractivity contribution in [3.63, 3.8) is 0 Å². The number of aromatic nitrogens is 4. The average molecular weight is 758 g/mol. The van der Waals surface area contributed by atoms with Crippen molar-refractivity contribution in [2.24, 2.45) is 5.92 Å². The number of fused-ring (bicyclic) bond motifs is 3. The van der Waals surface area contributed by atoms with Crippen LogP contribution in [0.25, 0.3) is 22.2 Å². The summed E-state index contributed by atoms with van der Waals surface area (Å²) < 4.78 is 13.3. The average Bonchev–Trinajstić information content (AvgIpc) is 3.99. The molecule has 4 N–H and O–H groups in total. The smallest absolute Gasteiger partial charge is 0.270 e. The number of methoxy groups -OCH3 is 1. The number of pyridine rings is 2. The summed E-state index contributed by atoms with van der Waals surface area (Å²) in [7, 11) is 1.68. The van der Waals surface area contributed by atoms with Crippen LogP contribution >= 0.6 is 0 Å². The summed E-state index contributed by atoms with van der Waals surface area (Å²) in [6.45, 7) is 9.91. The van der Waals surface area contributed by atoms with Crippen molar-refractivity contribution in [1.29, 1.82) is 0 Å². The Morgan fingerprint density at radius 1 is 0.946 bits per heavy atom. The first-order valence-corrected chi connectivity index (χ1v) is 19.9. The van der Waals surface area contributed by atoms with Gasteiger partial charge in [-0.25, -0.2) is 14.6 Å². The third kappa shape index (κ3) is 7.97. The molecule has 56 heavy (non-hydrogen) atoms. The second kappa shape index (κ2) is 16.8. The number of nitrogens with zero attached hydrogens (tertiary/aromatic N) is 5. The Bertz CT molecular complexity index is 2220. The number of carbonyl (C=O) groups excluding carboxylic acids is 2. The Kier molecular flexibility index (Phi) is 11.3. The maximum Gasteiger partial charge on any atom is 0.270 e. The van der Waals surface area contributed by atoms with Gasteiger partial charge in [-0.15, -0.1) is 0 Å². The first kappa shape index (κ1) is 37.5. The molecule has 3 aromatic heterocycles. The number of amides is 2. The van der Waals surface area contributed by atoms with Crippen molar-refractivity contribution < 1.29 is 19.1 Å². The lowest BCUT2D eigenvalue weighted by Crippen LogP contribution is -2.43. The van der Waals surface area contributed by atoms with Gasteiger partial charge in [0.1, 0.15) is 17.1 Å². The molecular weight excluding hydrogens is 707 g/mol. The SMILES string of the molecule is CCc1nc2c(cnn2CC)c(NC2CCOCC2)c1CNC(=O)c1cccc(C(=O)NCc2ccc(OC)c(-c3cccc(CN4C[C@H]5CN[C@@H]4C5)c3)c2)n1. The number of hydrogen-bond acceptors (Lipinski definition) is 10. The molecule has 0 spiro atoms. The van der Waals surface area contributed by atoms with Crippen LogP contribution in [-0.2, 0) is 37.3 Å². The Morgan fingerprint density at radius 2 is 1.73 bits per heavy atom. The molecule has 2 bridgehead atoms. The lowest BCUT2D eigenvalue weighted by atomic mass is 9.99. The molecule has 2 amide bonds. The summed E-state index contributed by atoms with van der Waals surface area (Å²) in [5.41, 5.74) is 8.11. The molecule has 13 nitrogen and oxygen atoms in total. The minimum Gasteiger partial charge on any atom is -0.496 e. The summed E-state index contributed by atoms with van der Waals surface area (Å²) in [5, 5.41) is 18.9. The highest BCUT2D eigenvalue weighted by molar-refractivity contribution is 5.97. The van der Waals surface area contributed by atoms with E-state index in [0.717, 1.165) is 88.8 Å². The van der Waals surface area contributed by atoms with Gasteiger partial charge < -0.3 is 30.7 Å². The van der Waals surface area contributed by atoms with Crippen LogP contribution in [0.15, 0.2) is 66.9 Å². The molecule has 3 fully saturated rings. The maximum absolute atomic E-state index is 13.6. The molecule has 6 heterocycles. The van der Waals surface area contributed by atoms with Crippen LogP contribution < -0.4 is 26.0 Å². The van der Waals surface area contributed by atoms with Crippen LogP contribution in [0.4, 0.5) is 5.69 Å². The van der Waals surface area contributed by atoms with Crippen molar-refractivity contribution in [1.82, 2.24) is 40.6 Å². The molecule has 0 unspecified atom stereocenters. The van der Waals surface area contributed by atoms with E-state index in [1.165, 1.54) is 12.0 Å². The molecule has 2 atom stereocenters. The molecule has 13 heteroatoms. The fourth-order valence-corrected chi connectivity index (χ4v) is 8.32. The van der Waals surface area contributed by atoms with Gasteiger partial charge in [-0.1, -0.05) is 37.3 Å². The van der Waals surface area contributed by atoms with Crippen molar-refractivity contribution in [2.45, 2.75) is 77.9 Å². The second-order valence-corrected chi connectivity index (χ2v) is 15.0. The van der Waals surface area contributed by atoms with E-state index >= 15 is 0 Å². The summed E-state index contributed by atoms with van der Waals surface area (Å²) in [6, 6.07) is 19.7.